The van der Waals surface area contributed by atoms with Crippen LogP contribution in [-0.2, 0) is 16.1 Å². The number of aryl methyl sites for hydroxylation is 1. The smallest absolute Gasteiger partial charge is 0.247 e. The standard InChI is InChI=1S/C31H36N2O7/c1-18-7-9-19(10-8-18)16-33(31(38)21-5-3-4-6-21)24-15-23(30(37)32-11-12-34)26-22-13-20(17-35)14-25(39-2)28(22)40-29(26)27(24)36/h7-10,13-15,17,21,24,26-27,29,34,36H,3-6,11-12,16H2,1-2H3,(H,32,37)/t24-,26+,27+,29+/m1/s1. The number of hydrogen-bond donors (Lipinski definition) is 3. The Bertz CT molecular complexity index is 1300. The van der Waals surface area contributed by atoms with Gasteiger partial charge in [-0.3, -0.25) is 14.4 Å². The molecule has 1 saturated carbocycles. The molecule has 0 aromatic heterocycles. The van der Waals surface area contributed by atoms with Crippen molar-refractivity contribution in [1.29, 1.82) is 0 Å². The highest BCUT2D eigenvalue weighted by atomic mass is 16.5. The van der Waals surface area contributed by atoms with Crippen molar-refractivity contribution in [3.63, 3.8) is 0 Å². The first-order valence-electron chi connectivity index (χ1n) is 13.8. The summed E-state index contributed by atoms with van der Waals surface area (Å²) in [5.41, 5.74) is 3.23. The van der Waals surface area contributed by atoms with Gasteiger partial charge < -0.3 is 29.9 Å². The van der Waals surface area contributed by atoms with Crippen LogP contribution in [0.5, 0.6) is 11.5 Å². The van der Waals surface area contributed by atoms with E-state index in [1.807, 2.05) is 31.2 Å². The molecule has 5 rings (SSSR count). The predicted molar refractivity (Wildman–Crippen MR) is 147 cm³/mol. The molecule has 0 bridgehead atoms. The number of aliphatic hydroxyl groups excluding tert-OH is 2. The second-order valence-corrected chi connectivity index (χ2v) is 10.8. The molecule has 2 aromatic carbocycles. The number of rotatable bonds is 9. The lowest BCUT2D eigenvalue weighted by Crippen LogP contribution is -2.56. The molecule has 0 saturated heterocycles. The van der Waals surface area contributed by atoms with Crippen molar-refractivity contribution < 1.29 is 34.1 Å². The summed E-state index contributed by atoms with van der Waals surface area (Å²) in [4.78, 5) is 40.8. The molecule has 2 amide bonds. The summed E-state index contributed by atoms with van der Waals surface area (Å²) in [6.07, 6.45) is 3.84. The molecular formula is C31H36N2O7. The van der Waals surface area contributed by atoms with Crippen LogP contribution in [0.2, 0.25) is 0 Å². The third-order valence-electron chi connectivity index (χ3n) is 8.23. The predicted octanol–water partition coefficient (Wildman–Crippen LogP) is 2.66. The molecule has 1 heterocycles. The number of fused-ring (bicyclic) bond motifs is 3. The normalized spacial score (nSPS) is 23.4. The fourth-order valence-corrected chi connectivity index (χ4v) is 6.19. The molecule has 1 fully saturated rings. The second-order valence-electron chi connectivity index (χ2n) is 10.8. The third-order valence-corrected chi connectivity index (χ3v) is 8.23. The lowest BCUT2D eigenvalue weighted by atomic mass is 9.77. The lowest BCUT2D eigenvalue weighted by molar-refractivity contribution is -0.142. The van der Waals surface area contributed by atoms with Gasteiger partial charge in [0.05, 0.1) is 25.7 Å². The summed E-state index contributed by atoms with van der Waals surface area (Å²) in [7, 11) is 1.46. The Kier molecular flexibility index (Phi) is 8.23. The van der Waals surface area contributed by atoms with Crippen molar-refractivity contribution in [2.75, 3.05) is 20.3 Å². The van der Waals surface area contributed by atoms with Gasteiger partial charge >= 0.3 is 0 Å². The number of carbonyl (C=O) groups is 3. The van der Waals surface area contributed by atoms with E-state index in [0.29, 0.717) is 34.5 Å². The largest absolute Gasteiger partial charge is 0.493 e. The zero-order chi connectivity index (χ0) is 28.4. The van der Waals surface area contributed by atoms with Gasteiger partial charge in [0.1, 0.15) is 18.5 Å². The highest BCUT2D eigenvalue weighted by Crippen LogP contribution is 2.51. The Hall–Kier alpha value is -3.69. The van der Waals surface area contributed by atoms with Gasteiger partial charge in [-0.2, -0.15) is 0 Å². The number of nitrogens with one attached hydrogen (secondary N) is 1. The molecule has 4 atom stereocenters. The van der Waals surface area contributed by atoms with Crippen LogP contribution in [0.1, 0.15) is 58.6 Å². The van der Waals surface area contributed by atoms with E-state index in [4.69, 9.17) is 9.47 Å². The second kappa shape index (κ2) is 11.8. The van der Waals surface area contributed by atoms with Gasteiger partial charge in [-0.25, -0.2) is 0 Å². The molecule has 212 valence electrons. The number of nitrogens with zero attached hydrogens (tertiary/aromatic N) is 1. The SMILES string of the molecule is COc1cc(C=O)cc2c1O[C@@H]1[C@@H](O)[C@H](N(Cc3ccc(C)cc3)C(=O)C3CCCC3)C=C(C(=O)NCCO)[C@H]21. The summed E-state index contributed by atoms with van der Waals surface area (Å²) in [5.74, 6) is -0.647. The molecule has 2 aromatic rings. The fourth-order valence-electron chi connectivity index (χ4n) is 6.19. The average Bonchev–Trinajstić information content (AvgIpc) is 3.64. The van der Waals surface area contributed by atoms with E-state index in [9.17, 15) is 24.6 Å². The Morgan fingerprint density at radius 3 is 2.55 bits per heavy atom. The van der Waals surface area contributed by atoms with Gasteiger partial charge in [0.25, 0.3) is 0 Å². The van der Waals surface area contributed by atoms with Crippen LogP contribution in [0, 0.1) is 12.8 Å². The summed E-state index contributed by atoms with van der Waals surface area (Å²) in [6, 6.07) is 10.3. The first kappa shape index (κ1) is 27.9. The molecule has 0 spiro atoms. The van der Waals surface area contributed by atoms with Crippen molar-refractivity contribution in [3.8, 4) is 11.5 Å². The van der Waals surface area contributed by atoms with Gasteiger partial charge in [0.2, 0.25) is 11.8 Å². The summed E-state index contributed by atoms with van der Waals surface area (Å²) >= 11 is 0. The summed E-state index contributed by atoms with van der Waals surface area (Å²) in [5, 5.41) is 23.9. The van der Waals surface area contributed by atoms with Gasteiger partial charge in [-0.1, -0.05) is 42.7 Å². The first-order valence-corrected chi connectivity index (χ1v) is 13.8. The minimum absolute atomic E-state index is 0.0419. The van der Waals surface area contributed by atoms with Crippen LogP contribution < -0.4 is 14.8 Å². The van der Waals surface area contributed by atoms with Crippen LogP contribution in [0.25, 0.3) is 0 Å². The molecule has 9 nitrogen and oxygen atoms in total. The first-order chi connectivity index (χ1) is 19.4. The minimum atomic E-state index is -1.16. The zero-order valence-corrected chi connectivity index (χ0v) is 22.8. The molecular weight excluding hydrogens is 512 g/mol. The fraction of sp³-hybridized carbons (Fsp3) is 0.452. The van der Waals surface area contributed by atoms with Gasteiger partial charge in [0.15, 0.2) is 11.5 Å². The summed E-state index contributed by atoms with van der Waals surface area (Å²) in [6.45, 7) is 2.06. The topological polar surface area (TPSA) is 125 Å². The molecule has 9 heteroatoms. The number of hydrogen-bond acceptors (Lipinski definition) is 7. The van der Waals surface area contributed by atoms with Crippen molar-refractivity contribution in [2.24, 2.45) is 5.92 Å². The van der Waals surface area contributed by atoms with E-state index in [2.05, 4.69) is 5.32 Å². The van der Waals surface area contributed by atoms with E-state index < -0.39 is 30.1 Å². The Labute approximate surface area is 233 Å². The van der Waals surface area contributed by atoms with E-state index in [1.54, 1.807) is 23.1 Å². The van der Waals surface area contributed by atoms with Crippen LogP contribution in [0.3, 0.4) is 0 Å². The monoisotopic (exact) mass is 548 g/mol. The van der Waals surface area contributed by atoms with Crippen molar-refractivity contribution >= 4 is 18.1 Å². The average molecular weight is 549 g/mol. The maximum atomic E-state index is 14.0. The Morgan fingerprint density at radius 2 is 1.90 bits per heavy atom. The molecule has 2 aliphatic carbocycles. The lowest BCUT2D eigenvalue weighted by Gasteiger charge is -2.41. The Morgan fingerprint density at radius 1 is 1.18 bits per heavy atom. The van der Waals surface area contributed by atoms with Crippen LogP contribution in [-0.4, -0.2) is 71.7 Å². The number of aliphatic hydroxyl groups is 2. The molecule has 40 heavy (non-hydrogen) atoms. The number of aldehydes is 1. The molecule has 3 N–H and O–H groups in total. The van der Waals surface area contributed by atoms with Crippen LogP contribution in [0.4, 0.5) is 0 Å². The number of benzene rings is 2. The van der Waals surface area contributed by atoms with E-state index in [1.165, 1.54) is 7.11 Å². The van der Waals surface area contributed by atoms with Crippen molar-refractivity contribution in [2.45, 2.75) is 63.3 Å². The van der Waals surface area contributed by atoms with E-state index in [-0.39, 0.29) is 31.5 Å². The number of methoxy groups -OCH3 is 1. The zero-order valence-electron chi connectivity index (χ0n) is 22.8. The summed E-state index contributed by atoms with van der Waals surface area (Å²) < 4.78 is 11.8. The maximum Gasteiger partial charge on any atom is 0.247 e. The van der Waals surface area contributed by atoms with Gasteiger partial charge in [-0.15, -0.1) is 0 Å². The highest BCUT2D eigenvalue weighted by Gasteiger charge is 2.52. The third kappa shape index (κ3) is 5.23. The van der Waals surface area contributed by atoms with Crippen molar-refractivity contribution in [1.82, 2.24) is 10.2 Å². The molecule has 1 aliphatic heterocycles. The quantitative estimate of drug-likeness (QED) is 0.412. The minimum Gasteiger partial charge on any atom is -0.493 e. The molecule has 0 unspecified atom stereocenters. The van der Waals surface area contributed by atoms with E-state index in [0.717, 1.165) is 36.8 Å². The van der Waals surface area contributed by atoms with Gasteiger partial charge in [0, 0.05) is 35.7 Å². The highest BCUT2D eigenvalue weighted by molar-refractivity contribution is 5.96. The maximum absolute atomic E-state index is 14.0. The van der Waals surface area contributed by atoms with Crippen LogP contribution in [0.15, 0.2) is 48.0 Å². The number of amides is 2. The Balaban J connectivity index is 1.60. The molecule has 0 radical (unpaired) electrons. The number of ether oxygens (including phenoxy) is 2. The van der Waals surface area contributed by atoms with Crippen LogP contribution >= 0.6 is 0 Å². The van der Waals surface area contributed by atoms with Gasteiger partial charge in [-0.05, 0) is 43.5 Å². The number of carbonyl (C=O) groups excluding carboxylic acids is 3. The van der Waals surface area contributed by atoms with E-state index >= 15 is 0 Å². The van der Waals surface area contributed by atoms with Crippen molar-refractivity contribution in [3.05, 3.63) is 70.3 Å². The molecule has 3 aliphatic rings.